The van der Waals surface area contributed by atoms with Crippen molar-refractivity contribution in [1.29, 1.82) is 0 Å². The molecule has 21 heavy (non-hydrogen) atoms. The zero-order valence-corrected chi connectivity index (χ0v) is 12.4. The maximum Gasteiger partial charge on any atom is 0.387 e. The van der Waals surface area contributed by atoms with Gasteiger partial charge in [0.05, 0.1) is 6.10 Å². The van der Waals surface area contributed by atoms with Gasteiger partial charge in [-0.3, -0.25) is 0 Å². The second-order valence-corrected chi connectivity index (χ2v) is 5.63. The third-order valence-corrected chi connectivity index (χ3v) is 4.08. The molecule has 0 saturated carbocycles. The van der Waals surface area contributed by atoms with Crippen molar-refractivity contribution in [1.82, 2.24) is 5.32 Å². The first-order valence-corrected chi connectivity index (χ1v) is 7.40. The van der Waals surface area contributed by atoms with Gasteiger partial charge in [0.2, 0.25) is 0 Å². The molecule has 1 atom stereocenters. The number of thiophene rings is 1. The molecule has 1 unspecified atom stereocenters. The summed E-state index contributed by atoms with van der Waals surface area (Å²) in [6.07, 6.45) is -0.772. The van der Waals surface area contributed by atoms with E-state index in [0.717, 1.165) is 0 Å². The van der Waals surface area contributed by atoms with Crippen LogP contribution >= 0.6 is 11.3 Å². The molecular formula is C15H17F2NO2S. The summed E-state index contributed by atoms with van der Waals surface area (Å²) in [5, 5.41) is 15.3. The molecule has 0 bridgehead atoms. The minimum Gasteiger partial charge on any atom is -0.435 e. The van der Waals surface area contributed by atoms with Gasteiger partial charge in [-0.25, -0.2) is 0 Å². The van der Waals surface area contributed by atoms with Gasteiger partial charge in [0.25, 0.3) is 0 Å². The van der Waals surface area contributed by atoms with Crippen LogP contribution in [-0.4, -0.2) is 18.3 Å². The van der Waals surface area contributed by atoms with Crippen LogP contribution in [0.5, 0.6) is 5.75 Å². The SMILES string of the molecule is Cc1ccsc1CNCC(O)c1cccc(OC(F)F)c1. The lowest BCUT2D eigenvalue weighted by Crippen LogP contribution is -2.21. The number of ether oxygens (including phenoxy) is 1. The van der Waals surface area contributed by atoms with Crippen molar-refractivity contribution in [3.8, 4) is 5.75 Å². The van der Waals surface area contributed by atoms with Crippen molar-refractivity contribution in [2.75, 3.05) is 6.54 Å². The van der Waals surface area contributed by atoms with Gasteiger partial charge in [-0.15, -0.1) is 11.3 Å². The summed E-state index contributed by atoms with van der Waals surface area (Å²) in [5.41, 5.74) is 1.76. The van der Waals surface area contributed by atoms with Gasteiger partial charge < -0.3 is 15.2 Å². The molecule has 3 nitrogen and oxygen atoms in total. The number of aryl methyl sites for hydroxylation is 1. The van der Waals surface area contributed by atoms with Gasteiger partial charge in [0.1, 0.15) is 5.75 Å². The van der Waals surface area contributed by atoms with Crippen molar-refractivity contribution in [3.63, 3.8) is 0 Å². The Bertz CT molecular complexity index is 574. The van der Waals surface area contributed by atoms with Gasteiger partial charge >= 0.3 is 6.61 Å². The number of aliphatic hydroxyl groups excluding tert-OH is 1. The lowest BCUT2D eigenvalue weighted by atomic mass is 10.1. The molecule has 0 radical (unpaired) electrons. The molecule has 0 saturated heterocycles. The predicted molar refractivity (Wildman–Crippen MR) is 78.8 cm³/mol. The zero-order chi connectivity index (χ0) is 15.2. The average molecular weight is 313 g/mol. The molecule has 2 rings (SSSR count). The summed E-state index contributed by atoms with van der Waals surface area (Å²) in [5.74, 6) is 0.0515. The summed E-state index contributed by atoms with van der Waals surface area (Å²) >= 11 is 1.66. The molecule has 0 aliphatic carbocycles. The molecule has 0 fully saturated rings. The van der Waals surface area contributed by atoms with Crippen LogP contribution in [0.1, 0.15) is 22.1 Å². The molecule has 1 aromatic heterocycles. The van der Waals surface area contributed by atoms with Crippen LogP contribution in [0.25, 0.3) is 0 Å². The molecule has 2 N–H and O–H groups in total. The van der Waals surface area contributed by atoms with Crippen LogP contribution in [0.2, 0.25) is 0 Å². The topological polar surface area (TPSA) is 41.5 Å². The third kappa shape index (κ3) is 4.77. The maximum atomic E-state index is 12.2. The Morgan fingerprint density at radius 2 is 2.14 bits per heavy atom. The molecule has 6 heteroatoms. The smallest absolute Gasteiger partial charge is 0.387 e. The quantitative estimate of drug-likeness (QED) is 0.822. The number of rotatable bonds is 7. The lowest BCUT2D eigenvalue weighted by molar-refractivity contribution is -0.0499. The Hall–Kier alpha value is -1.50. The summed E-state index contributed by atoms with van der Waals surface area (Å²) in [4.78, 5) is 1.22. The normalized spacial score (nSPS) is 12.6. The monoisotopic (exact) mass is 313 g/mol. The zero-order valence-electron chi connectivity index (χ0n) is 11.6. The fraction of sp³-hybridized carbons (Fsp3) is 0.333. The molecule has 1 heterocycles. The van der Waals surface area contributed by atoms with Crippen LogP contribution in [0.15, 0.2) is 35.7 Å². The molecule has 114 valence electrons. The highest BCUT2D eigenvalue weighted by molar-refractivity contribution is 7.10. The minimum atomic E-state index is -2.86. The average Bonchev–Trinajstić information content (AvgIpc) is 2.84. The van der Waals surface area contributed by atoms with E-state index in [1.807, 2.05) is 18.4 Å². The number of benzene rings is 1. The minimum absolute atomic E-state index is 0.0515. The van der Waals surface area contributed by atoms with Gasteiger partial charge in [0, 0.05) is 18.0 Å². The van der Waals surface area contributed by atoms with Gasteiger partial charge in [0.15, 0.2) is 0 Å². The Labute approximate surface area is 126 Å². The highest BCUT2D eigenvalue weighted by Gasteiger charge is 2.10. The van der Waals surface area contributed by atoms with Crippen molar-refractivity contribution in [2.24, 2.45) is 0 Å². The van der Waals surface area contributed by atoms with E-state index in [4.69, 9.17) is 0 Å². The van der Waals surface area contributed by atoms with Crippen LogP contribution < -0.4 is 10.1 Å². The van der Waals surface area contributed by atoms with Crippen molar-refractivity contribution in [2.45, 2.75) is 26.2 Å². The van der Waals surface area contributed by atoms with E-state index in [9.17, 15) is 13.9 Å². The third-order valence-electron chi connectivity index (χ3n) is 3.06. The first-order chi connectivity index (χ1) is 10.1. The molecule has 0 aliphatic rings. The van der Waals surface area contributed by atoms with E-state index in [1.54, 1.807) is 23.5 Å². The highest BCUT2D eigenvalue weighted by atomic mass is 32.1. The summed E-state index contributed by atoms with van der Waals surface area (Å²) < 4.78 is 28.6. The predicted octanol–water partition coefficient (Wildman–Crippen LogP) is 3.48. The summed E-state index contributed by atoms with van der Waals surface area (Å²) in [6.45, 7) is 0.190. The summed E-state index contributed by atoms with van der Waals surface area (Å²) in [7, 11) is 0. The molecular weight excluding hydrogens is 296 g/mol. The van der Waals surface area contributed by atoms with E-state index in [-0.39, 0.29) is 5.75 Å². The van der Waals surface area contributed by atoms with E-state index < -0.39 is 12.7 Å². The van der Waals surface area contributed by atoms with Gasteiger partial charge in [-0.1, -0.05) is 12.1 Å². The fourth-order valence-corrected chi connectivity index (χ4v) is 2.80. The summed E-state index contributed by atoms with van der Waals surface area (Å²) in [6, 6.07) is 8.17. The van der Waals surface area contributed by atoms with Crippen LogP contribution in [0.4, 0.5) is 8.78 Å². The maximum absolute atomic E-state index is 12.2. The molecule has 0 spiro atoms. The number of halogens is 2. The largest absolute Gasteiger partial charge is 0.435 e. The number of aliphatic hydroxyl groups is 1. The van der Waals surface area contributed by atoms with E-state index in [1.165, 1.54) is 22.6 Å². The second-order valence-electron chi connectivity index (χ2n) is 4.62. The van der Waals surface area contributed by atoms with Crippen molar-refractivity contribution < 1.29 is 18.6 Å². The van der Waals surface area contributed by atoms with E-state index in [0.29, 0.717) is 18.7 Å². The van der Waals surface area contributed by atoms with Gasteiger partial charge in [-0.2, -0.15) is 8.78 Å². The van der Waals surface area contributed by atoms with Crippen molar-refractivity contribution in [3.05, 3.63) is 51.7 Å². The Kier molecular flexibility index (Phi) is 5.67. The molecule has 2 aromatic rings. The van der Waals surface area contributed by atoms with E-state index in [2.05, 4.69) is 10.1 Å². The number of hydrogen-bond acceptors (Lipinski definition) is 4. The number of nitrogens with one attached hydrogen (secondary N) is 1. The number of hydrogen-bond donors (Lipinski definition) is 2. The van der Waals surface area contributed by atoms with Crippen LogP contribution in [0, 0.1) is 6.92 Å². The van der Waals surface area contributed by atoms with Crippen molar-refractivity contribution >= 4 is 11.3 Å². The number of alkyl halides is 2. The lowest BCUT2D eigenvalue weighted by Gasteiger charge is -2.13. The Balaban J connectivity index is 1.88. The highest BCUT2D eigenvalue weighted by Crippen LogP contribution is 2.21. The van der Waals surface area contributed by atoms with E-state index >= 15 is 0 Å². The van der Waals surface area contributed by atoms with Crippen LogP contribution in [0.3, 0.4) is 0 Å². The van der Waals surface area contributed by atoms with Crippen LogP contribution in [-0.2, 0) is 6.54 Å². The first-order valence-electron chi connectivity index (χ1n) is 6.53. The Morgan fingerprint density at radius 1 is 1.33 bits per heavy atom. The molecule has 1 aromatic carbocycles. The molecule has 0 amide bonds. The second kappa shape index (κ2) is 7.49. The first kappa shape index (κ1) is 15.9. The standard InChI is InChI=1S/C15H17F2NO2S/c1-10-5-6-21-14(10)9-18-8-13(19)11-3-2-4-12(7-11)20-15(16)17/h2-7,13,15,18-19H,8-9H2,1H3. The van der Waals surface area contributed by atoms with Gasteiger partial charge in [-0.05, 0) is 41.6 Å². The Morgan fingerprint density at radius 3 is 2.81 bits per heavy atom. The molecule has 0 aliphatic heterocycles. The fourth-order valence-electron chi connectivity index (χ4n) is 1.92.